The summed E-state index contributed by atoms with van der Waals surface area (Å²) in [6.07, 6.45) is 0. The van der Waals surface area contributed by atoms with Crippen LogP contribution in [0.1, 0.15) is 0 Å². The summed E-state index contributed by atoms with van der Waals surface area (Å²) in [5.41, 5.74) is -0.0934. The van der Waals surface area contributed by atoms with Gasteiger partial charge in [0.05, 0.1) is 12.7 Å². The Morgan fingerprint density at radius 1 is 1.26 bits per heavy atom. The molecule has 0 aliphatic carbocycles. The number of carbonyl (C=O) groups is 1. The molecule has 1 aromatic rings. The molecule has 1 aliphatic rings. The Labute approximate surface area is 111 Å². The molecule has 0 radical (unpaired) electrons. The number of piperazine rings is 1. The molecule has 0 spiro atoms. The van der Waals surface area contributed by atoms with Crippen LogP contribution in [0, 0.1) is 11.6 Å². The predicted molar refractivity (Wildman–Crippen MR) is 67.2 cm³/mol. The van der Waals surface area contributed by atoms with E-state index in [1.807, 2.05) is 0 Å². The number of quaternary nitrogens is 2. The van der Waals surface area contributed by atoms with Crippen molar-refractivity contribution in [2.24, 2.45) is 0 Å². The van der Waals surface area contributed by atoms with E-state index in [0.717, 1.165) is 44.4 Å². The van der Waals surface area contributed by atoms with Gasteiger partial charge in [0.15, 0.2) is 6.54 Å². The molecule has 1 heterocycles. The fourth-order valence-corrected chi connectivity index (χ4v) is 2.22. The Morgan fingerprint density at radius 2 is 1.95 bits per heavy atom. The van der Waals surface area contributed by atoms with Gasteiger partial charge in [-0.1, -0.05) is 0 Å². The first kappa shape index (κ1) is 13.9. The van der Waals surface area contributed by atoms with Crippen LogP contribution in [0.3, 0.4) is 0 Å². The molecule has 1 amide bonds. The monoisotopic (exact) mass is 271 g/mol. The van der Waals surface area contributed by atoms with Gasteiger partial charge in [0.2, 0.25) is 0 Å². The number of carbonyl (C=O) groups excluding carboxylic acids is 1. The van der Waals surface area contributed by atoms with Crippen LogP contribution in [0.15, 0.2) is 18.2 Å². The smallest absolute Gasteiger partial charge is 0.279 e. The van der Waals surface area contributed by atoms with E-state index >= 15 is 0 Å². The molecule has 104 valence electrons. The Morgan fingerprint density at radius 3 is 2.63 bits per heavy atom. The van der Waals surface area contributed by atoms with Crippen molar-refractivity contribution < 1.29 is 23.4 Å². The molecular formula is C13H19F2N3O+2. The molecule has 1 saturated heterocycles. The summed E-state index contributed by atoms with van der Waals surface area (Å²) in [4.78, 5) is 14.4. The van der Waals surface area contributed by atoms with Gasteiger partial charge in [-0.05, 0) is 12.1 Å². The normalized spacial score (nSPS) is 23.1. The third-order valence-electron chi connectivity index (χ3n) is 3.42. The third kappa shape index (κ3) is 3.97. The third-order valence-corrected chi connectivity index (χ3v) is 3.42. The molecular weight excluding hydrogens is 252 g/mol. The summed E-state index contributed by atoms with van der Waals surface area (Å²) in [5, 5.41) is 2.43. The molecule has 0 saturated carbocycles. The maximum atomic E-state index is 13.4. The first-order valence-electron chi connectivity index (χ1n) is 6.44. The average Bonchev–Trinajstić information content (AvgIpc) is 2.37. The Hall–Kier alpha value is -1.53. The zero-order chi connectivity index (χ0) is 13.8. The highest BCUT2D eigenvalue weighted by Crippen LogP contribution is 2.14. The lowest BCUT2D eigenvalue weighted by Crippen LogP contribution is -3.27. The van der Waals surface area contributed by atoms with E-state index in [4.69, 9.17) is 0 Å². The summed E-state index contributed by atoms with van der Waals surface area (Å²) >= 11 is 0. The van der Waals surface area contributed by atoms with E-state index in [1.165, 1.54) is 9.80 Å². The van der Waals surface area contributed by atoms with Crippen LogP contribution in [-0.4, -0.2) is 45.7 Å². The van der Waals surface area contributed by atoms with Gasteiger partial charge in [-0.25, -0.2) is 8.78 Å². The van der Waals surface area contributed by atoms with Crippen molar-refractivity contribution in [3.63, 3.8) is 0 Å². The van der Waals surface area contributed by atoms with E-state index in [2.05, 4.69) is 12.4 Å². The molecule has 19 heavy (non-hydrogen) atoms. The first-order chi connectivity index (χ1) is 9.04. The fourth-order valence-electron chi connectivity index (χ4n) is 2.22. The van der Waals surface area contributed by atoms with Crippen molar-refractivity contribution in [3.05, 3.63) is 29.8 Å². The first-order valence-corrected chi connectivity index (χ1v) is 6.44. The number of hydrogen-bond acceptors (Lipinski definition) is 1. The van der Waals surface area contributed by atoms with Gasteiger partial charge in [0, 0.05) is 6.07 Å². The van der Waals surface area contributed by atoms with E-state index in [9.17, 15) is 13.6 Å². The minimum atomic E-state index is -0.618. The van der Waals surface area contributed by atoms with Crippen molar-refractivity contribution in [1.29, 1.82) is 0 Å². The Balaban J connectivity index is 1.89. The number of nitrogens with one attached hydrogen (secondary N) is 3. The summed E-state index contributed by atoms with van der Waals surface area (Å²) in [7, 11) is 2.12. The summed E-state index contributed by atoms with van der Waals surface area (Å²) in [6.45, 7) is 4.19. The molecule has 3 N–H and O–H groups in total. The number of benzene rings is 1. The van der Waals surface area contributed by atoms with Crippen molar-refractivity contribution in [2.45, 2.75) is 0 Å². The second kappa shape index (κ2) is 6.08. The Kier molecular flexibility index (Phi) is 4.44. The zero-order valence-electron chi connectivity index (χ0n) is 10.9. The highest BCUT2D eigenvalue weighted by atomic mass is 19.1. The van der Waals surface area contributed by atoms with Crippen LogP contribution in [0.25, 0.3) is 0 Å². The number of amides is 1. The SMILES string of the molecule is C[NH+]1CC[NH+](CC(=O)Nc2cc(F)ccc2F)CC1. The van der Waals surface area contributed by atoms with E-state index in [1.54, 1.807) is 0 Å². The predicted octanol–water partition coefficient (Wildman–Crippen LogP) is -1.68. The van der Waals surface area contributed by atoms with Crippen LogP contribution in [0.5, 0.6) is 0 Å². The maximum Gasteiger partial charge on any atom is 0.279 e. The van der Waals surface area contributed by atoms with Gasteiger partial charge < -0.3 is 15.1 Å². The van der Waals surface area contributed by atoms with Crippen molar-refractivity contribution in [3.8, 4) is 0 Å². The molecule has 1 aromatic carbocycles. The van der Waals surface area contributed by atoms with E-state index in [-0.39, 0.29) is 11.6 Å². The molecule has 1 fully saturated rings. The summed E-state index contributed by atoms with van der Waals surface area (Å²) < 4.78 is 26.3. The zero-order valence-corrected chi connectivity index (χ0v) is 10.9. The molecule has 0 atom stereocenters. The average molecular weight is 271 g/mol. The second-order valence-corrected chi connectivity index (χ2v) is 5.06. The summed E-state index contributed by atoms with van der Waals surface area (Å²) in [6, 6.07) is 3.03. The molecule has 0 bridgehead atoms. The highest BCUT2D eigenvalue weighted by molar-refractivity contribution is 5.91. The molecule has 4 nitrogen and oxygen atoms in total. The van der Waals surface area contributed by atoms with Gasteiger partial charge in [0.1, 0.15) is 37.8 Å². The molecule has 6 heteroatoms. The minimum absolute atomic E-state index is 0.0934. The van der Waals surface area contributed by atoms with Gasteiger partial charge in [0.25, 0.3) is 5.91 Å². The second-order valence-electron chi connectivity index (χ2n) is 5.06. The quantitative estimate of drug-likeness (QED) is 0.603. The standard InChI is InChI=1S/C13H17F2N3O/c1-17-4-6-18(7-5-17)9-13(19)16-12-8-10(14)2-3-11(12)15/h2-3,8H,4-7,9H2,1H3,(H,16,19)/p+2. The number of hydrogen-bond donors (Lipinski definition) is 3. The largest absolute Gasteiger partial charge is 0.328 e. The van der Waals surface area contributed by atoms with Crippen LogP contribution in [0.4, 0.5) is 14.5 Å². The molecule has 0 unspecified atom stereocenters. The highest BCUT2D eigenvalue weighted by Gasteiger charge is 2.22. The van der Waals surface area contributed by atoms with Gasteiger partial charge in [-0.2, -0.15) is 0 Å². The van der Waals surface area contributed by atoms with E-state index in [0.29, 0.717) is 6.54 Å². The fraction of sp³-hybridized carbons (Fsp3) is 0.462. The molecule has 2 rings (SSSR count). The van der Waals surface area contributed by atoms with Crippen LogP contribution < -0.4 is 15.1 Å². The molecule has 1 aliphatic heterocycles. The lowest BCUT2D eigenvalue weighted by atomic mass is 10.3. The lowest BCUT2D eigenvalue weighted by molar-refractivity contribution is -0.999. The number of likely N-dealkylation sites (N-methyl/N-ethyl adjacent to an activating group) is 1. The van der Waals surface area contributed by atoms with Crippen LogP contribution in [-0.2, 0) is 4.79 Å². The van der Waals surface area contributed by atoms with Crippen molar-refractivity contribution >= 4 is 11.6 Å². The van der Waals surface area contributed by atoms with Gasteiger partial charge in [-0.3, -0.25) is 4.79 Å². The van der Waals surface area contributed by atoms with Gasteiger partial charge >= 0.3 is 0 Å². The van der Waals surface area contributed by atoms with Crippen molar-refractivity contribution in [2.75, 3.05) is 45.1 Å². The van der Waals surface area contributed by atoms with Crippen LogP contribution >= 0.6 is 0 Å². The van der Waals surface area contributed by atoms with Crippen molar-refractivity contribution in [1.82, 2.24) is 0 Å². The Bertz CT molecular complexity index is 459. The minimum Gasteiger partial charge on any atom is -0.328 e. The van der Waals surface area contributed by atoms with Gasteiger partial charge in [-0.15, -0.1) is 0 Å². The van der Waals surface area contributed by atoms with Crippen LogP contribution in [0.2, 0.25) is 0 Å². The van der Waals surface area contributed by atoms with E-state index < -0.39 is 11.6 Å². The maximum absolute atomic E-state index is 13.4. The number of anilines is 1. The lowest BCUT2D eigenvalue weighted by Gasteiger charge is -2.26. The summed E-state index contributed by atoms with van der Waals surface area (Å²) in [5.74, 6) is -1.46. The topological polar surface area (TPSA) is 38.0 Å². The number of halogens is 2. The molecule has 0 aromatic heterocycles. The number of rotatable bonds is 3.